The van der Waals surface area contributed by atoms with E-state index in [0.717, 1.165) is 43.5 Å². The van der Waals surface area contributed by atoms with E-state index >= 15 is 0 Å². The van der Waals surface area contributed by atoms with Crippen LogP contribution in [0.5, 0.6) is 0 Å². The Hall–Kier alpha value is -1.20. The smallest absolute Gasteiger partial charge is 0.144 e. The first kappa shape index (κ1) is 14.2. The number of nitrogens with one attached hydrogen (secondary N) is 1. The molecule has 0 spiro atoms. The van der Waals surface area contributed by atoms with Gasteiger partial charge in [0.1, 0.15) is 11.6 Å². The van der Waals surface area contributed by atoms with Crippen molar-refractivity contribution in [3.05, 3.63) is 17.6 Å². The van der Waals surface area contributed by atoms with Crippen LogP contribution >= 0.6 is 0 Å². The molecule has 2 atom stereocenters. The molecule has 5 nitrogen and oxygen atoms in total. The van der Waals surface area contributed by atoms with Crippen molar-refractivity contribution in [2.45, 2.75) is 45.9 Å². The molecule has 1 fully saturated rings. The fraction of sp³-hybridized carbons (Fsp3) is 0.714. The molecule has 5 heteroatoms. The summed E-state index contributed by atoms with van der Waals surface area (Å²) < 4.78 is 5.72. The molecule has 1 saturated heterocycles. The van der Waals surface area contributed by atoms with Gasteiger partial charge in [0.15, 0.2) is 0 Å². The summed E-state index contributed by atoms with van der Waals surface area (Å²) in [4.78, 5) is 11.5. The summed E-state index contributed by atoms with van der Waals surface area (Å²) >= 11 is 0. The molecule has 0 aliphatic carbocycles. The van der Waals surface area contributed by atoms with Crippen LogP contribution in [-0.4, -0.2) is 47.2 Å². The van der Waals surface area contributed by atoms with Crippen molar-refractivity contribution in [2.24, 2.45) is 0 Å². The third-order valence-electron chi connectivity index (χ3n) is 3.55. The Kier molecular flexibility index (Phi) is 4.71. The summed E-state index contributed by atoms with van der Waals surface area (Å²) in [6, 6.07) is 2.43. The highest BCUT2D eigenvalue weighted by Gasteiger charge is 2.26. The highest BCUT2D eigenvalue weighted by molar-refractivity contribution is 5.34. The molecule has 0 bridgehead atoms. The molecule has 0 aromatic carbocycles. The summed E-state index contributed by atoms with van der Waals surface area (Å²) in [5.41, 5.74) is 1.00. The van der Waals surface area contributed by atoms with E-state index in [1.807, 2.05) is 20.0 Å². The van der Waals surface area contributed by atoms with E-state index in [1.54, 1.807) is 0 Å². The Morgan fingerprint density at radius 2 is 2.26 bits per heavy atom. The summed E-state index contributed by atoms with van der Waals surface area (Å²) in [5.74, 6) is 1.77. The second-order valence-electron chi connectivity index (χ2n) is 5.20. The Labute approximate surface area is 115 Å². The van der Waals surface area contributed by atoms with Crippen LogP contribution in [0.15, 0.2) is 6.07 Å². The van der Waals surface area contributed by atoms with Gasteiger partial charge >= 0.3 is 0 Å². The minimum Gasteiger partial charge on any atom is -0.376 e. The SMILES string of the molecule is CCC1COC(C)CN1Cc1nc(C)cc(NC)n1. The van der Waals surface area contributed by atoms with Crippen LogP contribution in [-0.2, 0) is 11.3 Å². The molecule has 19 heavy (non-hydrogen) atoms. The lowest BCUT2D eigenvalue weighted by Crippen LogP contribution is -2.48. The maximum absolute atomic E-state index is 5.72. The predicted molar refractivity (Wildman–Crippen MR) is 76.2 cm³/mol. The molecule has 0 saturated carbocycles. The van der Waals surface area contributed by atoms with E-state index in [2.05, 4.69) is 34.0 Å². The first-order valence-corrected chi connectivity index (χ1v) is 7.00. The number of rotatable bonds is 4. The van der Waals surface area contributed by atoms with Gasteiger partial charge < -0.3 is 10.1 Å². The fourth-order valence-electron chi connectivity index (χ4n) is 2.49. The van der Waals surface area contributed by atoms with E-state index in [4.69, 9.17) is 4.74 Å². The average Bonchev–Trinajstić information content (AvgIpc) is 2.38. The van der Waals surface area contributed by atoms with Gasteiger partial charge in [-0.05, 0) is 20.3 Å². The van der Waals surface area contributed by atoms with Gasteiger partial charge in [0.25, 0.3) is 0 Å². The lowest BCUT2D eigenvalue weighted by atomic mass is 10.1. The maximum Gasteiger partial charge on any atom is 0.144 e. The van der Waals surface area contributed by atoms with Crippen LogP contribution < -0.4 is 5.32 Å². The summed E-state index contributed by atoms with van der Waals surface area (Å²) in [6.45, 7) is 8.88. The zero-order chi connectivity index (χ0) is 13.8. The average molecular weight is 264 g/mol. The molecule has 1 aromatic heterocycles. The topological polar surface area (TPSA) is 50.3 Å². The van der Waals surface area contributed by atoms with Gasteiger partial charge in [0, 0.05) is 31.4 Å². The Morgan fingerprint density at radius 3 is 2.95 bits per heavy atom. The quantitative estimate of drug-likeness (QED) is 0.899. The first-order valence-electron chi connectivity index (χ1n) is 7.00. The van der Waals surface area contributed by atoms with Crippen LogP contribution in [0.4, 0.5) is 5.82 Å². The molecule has 0 amide bonds. The normalized spacial score (nSPS) is 24.4. The molecule has 106 valence electrons. The molecule has 1 aliphatic heterocycles. The van der Waals surface area contributed by atoms with E-state index in [1.165, 1.54) is 0 Å². The number of hydrogen-bond acceptors (Lipinski definition) is 5. The Morgan fingerprint density at radius 1 is 1.47 bits per heavy atom. The second-order valence-corrected chi connectivity index (χ2v) is 5.20. The van der Waals surface area contributed by atoms with E-state index < -0.39 is 0 Å². The van der Waals surface area contributed by atoms with Gasteiger partial charge in [-0.1, -0.05) is 6.92 Å². The monoisotopic (exact) mass is 264 g/mol. The predicted octanol–water partition coefficient (Wildman–Crippen LogP) is 1.83. The van der Waals surface area contributed by atoms with Gasteiger partial charge in [0.2, 0.25) is 0 Å². The molecule has 2 rings (SSSR count). The van der Waals surface area contributed by atoms with Crippen molar-refractivity contribution in [2.75, 3.05) is 25.5 Å². The second kappa shape index (κ2) is 6.30. The molecule has 1 aromatic rings. The number of ether oxygens (including phenoxy) is 1. The van der Waals surface area contributed by atoms with Crippen molar-refractivity contribution in [1.82, 2.24) is 14.9 Å². The minimum absolute atomic E-state index is 0.288. The van der Waals surface area contributed by atoms with Crippen molar-refractivity contribution in [3.8, 4) is 0 Å². The molecule has 1 aliphatic rings. The third-order valence-corrected chi connectivity index (χ3v) is 3.55. The van der Waals surface area contributed by atoms with Gasteiger partial charge in [0.05, 0.1) is 19.3 Å². The fourth-order valence-corrected chi connectivity index (χ4v) is 2.49. The minimum atomic E-state index is 0.288. The van der Waals surface area contributed by atoms with Gasteiger partial charge in [-0.15, -0.1) is 0 Å². The van der Waals surface area contributed by atoms with Crippen molar-refractivity contribution in [1.29, 1.82) is 0 Å². The molecule has 2 unspecified atom stereocenters. The molecular formula is C14H24N4O. The lowest BCUT2D eigenvalue weighted by Gasteiger charge is -2.37. The van der Waals surface area contributed by atoms with Crippen LogP contribution in [0.3, 0.4) is 0 Å². The number of nitrogens with zero attached hydrogens (tertiary/aromatic N) is 3. The van der Waals surface area contributed by atoms with E-state index in [9.17, 15) is 0 Å². The first-order chi connectivity index (χ1) is 9.12. The highest BCUT2D eigenvalue weighted by Crippen LogP contribution is 2.17. The molecular weight excluding hydrogens is 240 g/mol. The standard InChI is InChI=1S/C14H24N4O/c1-5-12-9-19-11(3)7-18(12)8-14-16-10(2)6-13(15-4)17-14/h6,11-12H,5,7-9H2,1-4H3,(H,15,16,17). The number of hydrogen-bond donors (Lipinski definition) is 1. The van der Waals surface area contributed by atoms with E-state index in [-0.39, 0.29) is 6.10 Å². The molecule has 2 heterocycles. The summed E-state index contributed by atoms with van der Waals surface area (Å²) in [5, 5.41) is 3.09. The van der Waals surface area contributed by atoms with Crippen LogP contribution in [0, 0.1) is 6.92 Å². The molecule has 0 radical (unpaired) electrons. The van der Waals surface area contributed by atoms with E-state index in [0.29, 0.717) is 6.04 Å². The molecule has 1 N–H and O–H groups in total. The number of anilines is 1. The van der Waals surface area contributed by atoms with Crippen molar-refractivity contribution >= 4 is 5.82 Å². The summed E-state index contributed by atoms with van der Waals surface area (Å²) in [7, 11) is 1.89. The maximum atomic E-state index is 5.72. The van der Waals surface area contributed by atoms with Gasteiger partial charge in [-0.25, -0.2) is 9.97 Å². The van der Waals surface area contributed by atoms with Crippen LogP contribution in [0.2, 0.25) is 0 Å². The van der Waals surface area contributed by atoms with Crippen LogP contribution in [0.1, 0.15) is 31.8 Å². The number of aromatic nitrogens is 2. The third kappa shape index (κ3) is 3.64. The number of morpholine rings is 1. The number of aryl methyl sites for hydroxylation is 1. The Balaban J connectivity index is 2.11. The summed E-state index contributed by atoms with van der Waals surface area (Å²) in [6.07, 6.45) is 1.38. The Bertz CT molecular complexity index is 424. The van der Waals surface area contributed by atoms with Gasteiger partial charge in [-0.2, -0.15) is 0 Å². The van der Waals surface area contributed by atoms with Gasteiger partial charge in [-0.3, -0.25) is 4.90 Å². The van der Waals surface area contributed by atoms with Crippen molar-refractivity contribution < 1.29 is 4.74 Å². The van der Waals surface area contributed by atoms with Crippen molar-refractivity contribution in [3.63, 3.8) is 0 Å². The lowest BCUT2D eigenvalue weighted by molar-refractivity contribution is -0.0600. The largest absolute Gasteiger partial charge is 0.376 e. The highest BCUT2D eigenvalue weighted by atomic mass is 16.5. The zero-order valence-electron chi connectivity index (χ0n) is 12.3. The zero-order valence-corrected chi connectivity index (χ0v) is 12.3. The van der Waals surface area contributed by atoms with Crippen LogP contribution in [0.25, 0.3) is 0 Å².